The third kappa shape index (κ3) is 4.43. The van der Waals surface area contributed by atoms with Gasteiger partial charge in [-0.3, -0.25) is 0 Å². The highest BCUT2D eigenvalue weighted by Crippen LogP contribution is 2.26. The molecule has 7 heteroatoms. The number of sulfonamides is 1. The van der Waals surface area contributed by atoms with Crippen LogP contribution in [0.4, 0.5) is 0 Å². The van der Waals surface area contributed by atoms with E-state index in [1.54, 1.807) is 24.3 Å². The predicted molar refractivity (Wildman–Crippen MR) is 86.6 cm³/mol. The number of hydrogen-bond donors (Lipinski definition) is 2. The van der Waals surface area contributed by atoms with Crippen molar-refractivity contribution >= 4 is 38.4 Å². The van der Waals surface area contributed by atoms with E-state index in [1.807, 2.05) is 0 Å². The lowest BCUT2D eigenvalue weighted by Gasteiger charge is -2.33. The normalized spacial score (nSPS) is 18.3. The second-order valence-corrected chi connectivity index (χ2v) is 7.77. The van der Waals surface area contributed by atoms with Crippen LogP contribution in [-0.2, 0) is 10.0 Å². The van der Waals surface area contributed by atoms with E-state index >= 15 is 0 Å². The Labute approximate surface area is 135 Å². The molecule has 1 aromatic rings. The Morgan fingerprint density at radius 2 is 1.80 bits per heavy atom. The molecule has 0 unspecified atom stereocenters. The van der Waals surface area contributed by atoms with Crippen LogP contribution in [0.15, 0.2) is 33.6 Å². The molecule has 1 aliphatic carbocycles. The van der Waals surface area contributed by atoms with Crippen molar-refractivity contribution in [1.29, 1.82) is 0 Å². The zero-order valence-corrected chi connectivity index (χ0v) is 14.4. The van der Waals surface area contributed by atoms with Crippen molar-refractivity contribution in [2.75, 3.05) is 6.54 Å². The van der Waals surface area contributed by atoms with Gasteiger partial charge in [0.15, 0.2) is 0 Å². The third-order valence-electron chi connectivity index (χ3n) is 3.59. The molecule has 1 aromatic carbocycles. The summed E-state index contributed by atoms with van der Waals surface area (Å²) in [6.07, 6.45) is 5.10. The summed E-state index contributed by atoms with van der Waals surface area (Å²) in [5, 5.41) is 0. The van der Waals surface area contributed by atoms with Crippen molar-refractivity contribution in [3.8, 4) is 0 Å². The summed E-state index contributed by atoms with van der Waals surface area (Å²) >= 11 is 3.26. The van der Waals surface area contributed by atoms with Crippen molar-refractivity contribution in [2.24, 2.45) is 5.73 Å². The van der Waals surface area contributed by atoms with Gasteiger partial charge in [-0.05, 0) is 40.9 Å². The summed E-state index contributed by atoms with van der Waals surface area (Å²) in [7, 11) is -3.51. The number of nitrogens with one attached hydrogen (secondary N) is 1. The van der Waals surface area contributed by atoms with Crippen molar-refractivity contribution < 1.29 is 8.42 Å². The Balaban J connectivity index is 0.00000200. The van der Waals surface area contributed by atoms with Gasteiger partial charge in [0.25, 0.3) is 0 Å². The SMILES string of the molecule is Cl.NC1(CNS(=O)(=O)c2ccccc2Br)CCCCC1. The lowest BCUT2D eigenvalue weighted by molar-refractivity contribution is 0.296. The molecule has 1 fully saturated rings. The quantitative estimate of drug-likeness (QED) is 0.839. The number of benzene rings is 1. The average molecular weight is 384 g/mol. The molecule has 0 aromatic heterocycles. The van der Waals surface area contributed by atoms with E-state index in [1.165, 1.54) is 6.42 Å². The minimum Gasteiger partial charge on any atom is -0.324 e. The highest BCUT2D eigenvalue weighted by Gasteiger charge is 2.29. The molecule has 2 rings (SSSR count). The fourth-order valence-corrected chi connectivity index (χ4v) is 4.55. The van der Waals surface area contributed by atoms with Crippen LogP contribution in [0.3, 0.4) is 0 Å². The van der Waals surface area contributed by atoms with Gasteiger partial charge in [0, 0.05) is 16.6 Å². The third-order valence-corrected chi connectivity index (χ3v) is 6.00. The molecule has 114 valence electrons. The van der Waals surface area contributed by atoms with Gasteiger partial charge in [-0.25, -0.2) is 13.1 Å². The van der Waals surface area contributed by atoms with E-state index in [4.69, 9.17) is 5.73 Å². The lowest BCUT2D eigenvalue weighted by atomic mass is 9.83. The second-order valence-electron chi connectivity index (χ2n) is 5.18. The van der Waals surface area contributed by atoms with Crippen molar-refractivity contribution in [1.82, 2.24) is 4.72 Å². The van der Waals surface area contributed by atoms with E-state index < -0.39 is 15.6 Å². The summed E-state index contributed by atoms with van der Waals surface area (Å²) in [6, 6.07) is 6.79. The maximum absolute atomic E-state index is 12.2. The van der Waals surface area contributed by atoms with Crippen LogP contribution < -0.4 is 10.5 Å². The maximum atomic E-state index is 12.2. The fourth-order valence-electron chi connectivity index (χ4n) is 2.41. The first-order chi connectivity index (χ1) is 8.93. The second kappa shape index (κ2) is 7.22. The molecule has 4 nitrogen and oxygen atoms in total. The summed E-state index contributed by atoms with van der Waals surface area (Å²) in [6.45, 7) is 0.302. The zero-order valence-electron chi connectivity index (χ0n) is 11.1. The topological polar surface area (TPSA) is 72.2 Å². The van der Waals surface area contributed by atoms with Gasteiger partial charge >= 0.3 is 0 Å². The number of rotatable bonds is 4. The fraction of sp³-hybridized carbons (Fsp3) is 0.538. The van der Waals surface area contributed by atoms with E-state index in [2.05, 4.69) is 20.7 Å². The standard InChI is InChI=1S/C13H19BrN2O2S.ClH/c14-11-6-2-3-7-12(11)19(17,18)16-10-13(15)8-4-1-5-9-13;/h2-3,6-7,16H,1,4-5,8-10,15H2;1H. The molecule has 0 amide bonds. The van der Waals surface area contributed by atoms with Crippen molar-refractivity contribution in [2.45, 2.75) is 42.5 Å². The van der Waals surface area contributed by atoms with Crippen LogP contribution >= 0.6 is 28.3 Å². The molecular weight excluding hydrogens is 364 g/mol. The van der Waals surface area contributed by atoms with Crippen LogP contribution in [0.1, 0.15) is 32.1 Å². The summed E-state index contributed by atoms with van der Waals surface area (Å²) in [5.41, 5.74) is 5.85. The van der Waals surface area contributed by atoms with Gasteiger partial charge in [-0.15, -0.1) is 12.4 Å². The molecule has 20 heavy (non-hydrogen) atoms. The molecule has 0 bridgehead atoms. The van der Waals surface area contributed by atoms with Crippen molar-refractivity contribution in [3.63, 3.8) is 0 Å². The monoisotopic (exact) mass is 382 g/mol. The Hall–Kier alpha value is -0.140. The molecule has 1 aliphatic rings. The van der Waals surface area contributed by atoms with Gasteiger partial charge in [-0.1, -0.05) is 31.4 Å². The highest BCUT2D eigenvalue weighted by atomic mass is 79.9. The van der Waals surface area contributed by atoms with Gasteiger partial charge in [0.2, 0.25) is 10.0 Å². The molecule has 0 spiro atoms. The van der Waals surface area contributed by atoms with Gasteiger partial charge in [0.1, 0.15) is 0 Å². The predicted octanol–water partition coefficient (Wildman–Crippen LogP) is 2.81. The van der Waals surface area contributed by atoms with Crippen LogP contribution in [-0.4, -0.2) is 20.5 Å². The van der Waals surface area contributed by atoms with Gasteiger partial charge in [-0.2, -0.15) is 0 Å². The Morgan fingerprint density at radius 1 is 1.20 bits per heavy atom. The lowest BCUT2D eigenvalue weighted by Crippen LogP contribution is -2.51. The zero-order chi connectivity index (χ0) is 13.9. The Morgan fingerprint density at radius 3 is 2.40 bits per heavy atom. The highest BCUT2D eigenvalue weighted by molar-refractivity contribution is 9.10. The Kier molecular flexibility index (Phi) is 6.47. The molecule has 0 heterocycles. The molecule has 0 aliphatic heterocycles. The van der Waals surface area contributed by atoms with E-state index in [0.29, 0.717) is 11.0 Å². The minimum atomic E-state index is -3.51. The van der Waals surface area contributed by atoms with Crippen molar-refractivity contribution in [3.05, 3.63) is 28.7 Å². The van der Waals surface area contributed by atoms with E-state index in [0.717, 1.165) is 25.7 Å². The van der Waals surface area contributed by atoms with Crippen LogP contribution in [0.2, 0.25) is 0 Å². The summed E-state index contributed by atoms with van der Waals surface area (Å²) in [5.74, 6) is 0. The average Bonchev–Trinajstić information content (AvgIpc) is 2.38. The van der Waals surface area contributed by atoms with Crippen LogP contribution in [0, 0.1) is 0 Å². The molecule has 3 N–H and O–H groups in total. The van der Waals surface area contributed by atoms with E-state index in [-0.39, 0.29) is 17.3 Å². The molecule has 0 saturated heterocycles. The summed E-state index contributed by atoms with van der Waals surface area (Å²) < 4.78 is 27.7. The Bertz CT molecular complexity index is 545. The molecular formula is C13H20BrClN2O2S. The van der Waals surface area contributed by atoms with Gasteiger partial charge in [0.05, 0.1) is 4.90 Å². The summed E-state index contributed by atoms with van der Waals surface area (Å²) in [4.78, 5) is 0.259. The largest absolute Gasteiger partial charge is 0.324 e. The number of halogens is 2. The first-order valence-corrected chi connectivity index (χ1v) is 8.74. The molecule has 1 saturated carbocycles. The van der Waals surface area contributed by atoms with Crippen LogP contribution in [0.25, 0.3) is 0 Å². The maximum Gasteiger partial charge on any atom is 0.241 e. The van der Waals surface area contributed by atoms with Crippen LogP contribution in [0.5, 0.6) is 0 Å². The number of hydrogen-bond acceptors (Lipinski definition) is 3. The first-order valence-electron chi connectivity index (χ1n) is 6.46. The van der Waals surface area contributed by atoms with Gasteiger partial charge < -0.3 is 5.73 Å². The van der Waals surface area contributed by atoms with E-state index in [9.17, 15) is 8.42 Å². The molecule has 0 radical (unpaired) electrons. The first kappa shape index (κ1) is 17.9. The smallest absolute Gasteiger partial charge is 0.241 e. The number of nitrogens with two attached hydrogens (primary N) is 1. The molecule has 0 atom stereocenters. The minimum absolute atomic E-state index is 0.